The third-order valence-corrected chi connectivity index (χ3v) is 2.30. The lowest BCUT2D eigenvalue weighted by Crippen LogP contribution is -2.29. The Morgan fingerprint density at radius 1 is 1.40 bits per heavy atom. The first kappa shape index (κ1) is 11.9. The molecule has 0 aliphatic heterocycles. The first-order chi connectivity index (χ1) is 7.24. The van der Waals surface area contributed by atoms with Gasteiger partial charge in [-0.25, -0.2) is 0 Å². The molecule has 1 aromatic rings. The summed E-state index contributed by atoms with van der Waals surface area (Å²) in [5, 5.41) is 0.591. The van der Waals surface area contributed by atoms with Crippen molar-refractivity contribution in [3.05, 3.63) is 29.3 Å². The lowest BCUT2D eigenvalue weighted by molar-refractivity contribution is -0.120. The van der Waals surface area contributed by atoms with E-state index in [1.54, 1.807) is 6.07 Å². The van der Waals surface area contributed by atoms with Crippen LogP contribution in [-0.4, -0.2) is 5.91 Å². The first-order valence-corrected chi connectivity index (χ1v) is 5.41. The molecule has 3 nitrogen and oxygen atoms in total. The molecule has 1 amide bonds. The molecule has 0 heterocycles. The normalized spacial score (nSPS) is 9.73. The molecule has 4 heteroatoms. The maximum Gasteiger partial charge on any atom is 0.238 e. The molecular weight excluding hydrogens is 212 g/mol. The minimum absolute atomic E-state index is 0.0169. The van der Waals surface area contributed by atoms with E-state index in [-0.39, 0.29) is 5.91 Å². The van der Waals surface area contributed by atoms with Crippen LogP contribution in [0.15, 0.2) is 24.3 Å². The fourth-order valence-corrected chi connectivity index (χ4v) is 1.28. The van der Waals surface area contributed by atoms with Crippen molar-refractivity contribution in [1.82, 2.24) is 5.43 Å². The zero-order valence-electron chi connectivity index (χ0n) is 8.72. The number of carbonyl (C=O) groups is 1. The van der Waals surface area contributed by atoms with Gasteiger partial charge < -0.3 is 0 Å². The molecule has 0 aliphatic rings. The Morgan fingerprint density at radius 3 is 2.80 bits per heavy atom. The number of para-hydroxylation sites is 1. The van der Waals surface area contributed by atoms with Gasteiger partial charge in [0, 0.05) is 6.42 Å². The van der Waals surface area contributed by atoms with Gasteiger partial charge in [-0.1, -0.05) is 37.1 Å². The number of halogens is 1. The number of anilines is 1. The average Bonchev–Trinajstić information content (AvgIpc) is 2.25. The smallest absolute Gasteiger partial charge is 0.238 e. The van der Waals surface area contributed by atoms with Crippen molar-refractivity contribution in [3.8, 4) is 0 Å². The monoisotopic (exact) mass is 226 g/mol. The van der Waals surface area contributed by atoms with Crippen LogP contribution >= 0.6 is 11.6 Å². The Kier molecular flexibility index (Phi) is 4.98. The van der Waals surface area contributed by atoms with Crippen molar-refractivity contribution >= 4 is 23.2 Å². The lowest BCUT2D eigenvalue weighted by Gasteiger charge is -2.09. The van der Waals surface area contributed by atoms with Gasteiger partial charge in [0.2, 0.25) is 5.91 Å². The highest BCUT2D eigenvalue weighted by molar-refractivity contribution is 6.33. The molecule has 1 rings (SSSR count). The van der Waals surface area contributed by atoms with Crippen LogP contribution in [0.3, 0.4) is 0 Å². The van der Waals surface area contributed by atoms with Crippen molar-refractivity contribution in [2.24, 2.45) is 0 Å². The third-order valence-electron chi connectivity index (χ3n) is 1.97. The number of hydrogen-bond donors (Lipinski definition) is 2. The summed E-state index contributed by atoms with van der Waals surface area (Å²) in [5.74, 6) is -0.0169. The Balaban J connectivity index is 2.37. The number of amides is 1. The molecule has 0 aliphatic carbocycles. The molecule has 15 heavy (non-hydrogen) atoms. The average molecular weight is 227 g/mol. The van der Waals surface area contributed by atoms with Crippen molar-refractivity contribution < 1.29 is 4.79 Å². The van der Waals surface area contributed by atoms with Gasteiger partial charge in [-0.15, -0.1) is 0 Å². The molecule has 0 radical (unpaired) electrons. The molecule has 0 bridgehead atoms. The Bertz CT molecular complexity index is 328. The highest BCUT2D eigenvalue weighted by atomic mass is 35.5. The highest BCUT2D eigenvalue weighted by Gasteiger charge is 2.01. The summed E-state index contributed by atoms with van der Waals surface area (Å²) < 4.78 is 0. The zero-order chi connectivity index (χ0) is 11.1. The number of benzene rings is 1. The van der Waals surface area contributed by atoms with Gasteiger partial charge in [0.1, 0.15) is 0 Å². The van der Waals surface area contributed by atoms with Crippen LogP contribution in [0.25, 0.3) is 0 Å². The second kappa shape index (κ2) is 6.30. The van der Waals surface area contributed by atoms with Gasteiger partial charge >= 0.3 is 0 Å². The van der Waals surface area contributed by atoms with E-state index in [1.165, 1.54) is 0 Å². The van der Waals surface area contributed by atoms with Gasteiger partial charge in [-0.3, -0.25) is 15.6 Å². The number of unbranched alkanes of at least 4 members (excludes halogenated alkanes) is 1. The van der Waals surface area contributed by atoms with E-state index < -0.39 is 0 Å². The zero-order valence-corrected chi connectivity index (χ0v) is 9.47. The molecule has 0 atom stereocenters. The maximum atomic E-state index is 11.3. The maximum absolute atomic E-state index is 11.3. The first-order valence-electron chi connectivity index (χ1n) is 5.03. The fraction of sp³-hybridized carbons (Fsp3) is 0.364. The SMILES string of the molecule is CCCCC(=O)NNc1ccccc1Cl. The summed E-state index contributed by atoms with van der Waals surface area (Å²) in [6.45, 7) is 2.05. The minimum atomic E-state index is -0.0169. The summed E-state index contributed by atoms with van der Waals surface area (Å²) in [5.41, 5.74) is 6.10. The van der Waals surface area contributed by atoms with E-state index >= 15 is 0 Å². The number of hydrazine groups is 1. The van der Waals surface area contributed by atoms with Crippen LogP contribution in [0.2, 0.25) is 5.02 Å². The standard InChI is InChI=1S/C11H15ClN2O/c1-2-3-8-11(15)14-13-10-7-5-4-6-9(10)12/h4-7,13H,2-3,8H2,1H3,(H,14,15). The minimum Gasteiger partial charge on any atom is -0.297 e. The molecule has 1 aromatic carbocycles. The topological polar surface area (TPSA) is 41.1 Å². The fourth-order valence-electron chi connectivity index (χ4n) is 1.10. The van der Waals surface area contributed by atoms with E-state index in [2.05, 4.69) is 17.8 Å². The van der Waals surface area contributed by atoms with Crippen LogP contribution in [0.4, 0.5) is 5.69 Å². The summed E-state index contributed by atoms with van der Waals surface area (Å²) in [6.07, 6.45) is 2.45. The second-order valence-electron chi connectivity index (χ2n) is 3.26. The summed E-state index contributed by atoms with van der Waals surface area (Å²) in [6, 6.07) is 7.27. The molecule has 2 N–H and O–H groups in total. The molecule has 0 aromatic heterocycles. The Morgan fingerprint density at radius 2 is 2.13 bits per heavy atom. The largest absolute Gasteiger partial charge is 0.297 e. The lowest BCUT2D eigenvalue weighted by atomic mass is 10.2. The molecule has 0 spiro atoms. The molecular formula is C11H15ClN2O. The molecule has 0 fully saturated rings. The van der Waals surface area contributed by atoms with E-state index in [0.29, 0.717) is 17.1 Å². The summed E-state index contributed by atoms with van der Waals surface area (Å²) in [4.78, 5) is 11.3. The van der Waals surface area contributed by atoms with E-state index in [9.17, 15) is 4.79 Å². The number of nitrogens with one attached hydrogen (secondary N) is 2. The number of rotatable bonds is 5. The van der Waals surface area contributed by atoms with Crippen LogP contribution in [-0.2, 0) is 4.79 Å². The van der Waals surface area contributed by atoms with Crippen LogP contribution in [0, 0.1) is 0 Å². The summed E-state index contributed by atoms with van der Waals surface area (Å²) in [7, 11) is 0. The molecule has 0 unspecified atom stereocenters. The van der Waals surface area contributed by atoms with Gasteiger partial charge in [0.25, 0.3) is 0 Å². The van der Waals surface area contributed by atoms with Crippen molar-refractivity contribution in [2.75, 3.05) is 5.43 Å². The number of carbonyl (C=O) groups excluding carboxylic acids is 1. The van der Waals surface area contributed by atoms with Gasteiger partial charge in [-0.2, -0.15) is 0 Å². The molecule has 0 saturated carbocycles. The van der Waals surface area contributed by atoms with E-state index in [4.69, 9.17) is 11.6 Å². The predicted octanol–water partition coefficient (Wildman–Crippen LogP) is 2.97. The Labute approximate surface area is 94.8 Å². The van der Waals surface area contributed by atoms with Gasteiger partial charge in [-0.05, 0) is 18.6 Å². The van der Waals surface area contributed by atoms with Gasteiger partial charge in [0.05, 0.1) is 10.7 Å². The molecule has 0 saturated heterocycles. The van der Waals surface area contributed by atoms with Crippen molar-refractivity contribution in [3.63, 3.8) is 0 Å². The van der Waals surface area contributed by atoms with Crippen LogP contribution in [0.1, 0.15) is 26.2 Å². The molecule has 82 valence electrons. The predicted molar refractivity (Wildman–Crippen MR) is 62.7 cm³/mol. The van der Waals surface area contributed by atoms with E-state index in [0.717, 1.165) is 12.8 Å². The highest BCUT2D eigenvalue weighted by Crippen LogP contribution is 2.19. The quantitative estimate of drug-likeness (QED) is 0.758. The van der Waals surface area contributed by atoms with Crippen molar-refractivity contribution in [1.29, 1.82) is 0 Å². The van der Waals surface area contributed by atoms with E-state index in [1.807, 2.05) is 18.2 Å². The van der Waals surface area contributed by atoms with Gasteiger partial charge in [0.15, 0.2) is 0 Å². The van der Waals surface area contributed by atoms with Crippen molar-refractivity contribution in [2.45, 2.75) is 26.2 Å². The third kappa shape index (κ3) is 4.21. The van der Waals surface area contributed by atoms with Crippen LogP contribution in [0.5, 0.6) is 0 Å². The number of hydrogen-bond acceptors (Lipinski definition) is 2. The van der Waals surface area contributed by atoms with Crippen LogP contribution < -0.4 is 10.9 Å². The summed E-state index contributed by atoms with van der Waals surface area (Å²) >= 11 is 5.90. The Hall–Kier alpha value is -1.22. The second-order valence-corrected chi connectivity index (χ2v) is 3.66.